The first-order chi connectivity index (χ1) is 22.0. The number of carbonyl (C=O) groups excluding carboxylic acids is 3. The van der Waals surface area contributed by atoms with E-state index in [9.17, 15) is 19.2 Å². The molecule has 46 heavy (non-hydrogen) atoms. The lowest BCUT2D eigenvalue weighted by molar-refractivity contribution is -0.134. The largest absolute Gasteiger partial charge is 0.396 e. The van der Waals surface area contributed by atoms with Gasteiger partial charge in [0.1, 0.15) is 4.47 Å². The van der Waals surface area contributed by atoms with Crippen LogP contribution in [0.15, 0.2) is 70.1 Å². The maximum absolute atomic E-state index is 12.5. The van der Waals surface area contributed by atoms with Crippen molar-refractivity contribution in [1.29, 1.82) is 0 Å². The number of imide groups is 1. The van der Waals surface area contributed by atoms with Gasteiger partial charge < -0.3 is 20.4 Å². The Morgan fingerprint density at radius 1 is 0.957 bits per heavy atom. The van der Waals surface area contributed by atoms with Gasteiger partial charge in [0.05, 0.1) is 17.8 Å². The minimum absolute atomic E-state index is 0.106. The van der Waals surface area contributed by atoms with Gasteiger partial charge in [-0.3, -0.25) is 24.5 Å². The van der Waals surface area contributed by atoms with Crippen LogP contribution in [0, 0.1) is 5.41 Å². The zero-order valence-electron chi connectivity index (χ0n) is 26.5. The lowest BCUT2D eigenvalue weighted by Crippen LogP contribution is -2.73. The predicted octanol–water partition coefficient (Wildman–Crippen LogP) is 3.40. The van der Waals surface area contributed by atoms with E-state index < -0.39 is 0 Å². The number of likely N-dealkylation sites (tertiary alicyclic amines) is 2. The molecule has 1 atom stereocenters. The molecule has 5 heterocycles. The second-order valence-electron chi connectivity index (χ2n) is 12.7. The van der Waals surface area contributed by atoms with Gasteiger partial charge in [-0.25, -0.2) is 4.68 Å². The minimum Gasteiger partial charge on any atom is -0.396 e. The van der Waals surface area contributed by atoms with Crippen LogP contribution >= 0.6 is 15.9 Å². The van der Waals surface area contributed by atoms with Crippen molar-refractivity contribution in [3.63, 3.8) is 0 Å². The lowest BCUT2D eigenvalue weighted by atomic mass is 9.72. The number of rotatable bonds is 3. The maximum atomic E-state index is 12.5. The number of anilines is 2. The fourth-order valence-corrected chi connectivity index (χ4v) is 6.70. The number of hydrogen-bond donors (Lipinski definition) is 2. The van der Waals surface area contributed by atoms with Crippen LogP contribution in [-0.4, -0.2) is 83.6 Å². The van der Waals surface area contributed by atoms with E-state index in [0.717, 1.165) is 43.0 Å². The molecule has 2 aromatic carbocycles. The Balaban J connectivity index is 0.000000200. The quantitative estimate of drug-likeness (QED) is 0.400. The van der Waals surface area contributed by atoms with E-state index >= 15 is 0 Å². The highest BCUT2D eigenvalue weighted by molar-refractivity contribution is 9.10. The molecule has 3 aromatic rings. The molecular formula is C34H42BrN7O4. The first-order valence-corrected chi connectivity index (χ1v) is 16.5. The van der Waals surface area contributed by atoms with Crippen molar-refractivity contribution >= 4 is 45.0 Å². The summed E-state index contributed by atoms with van der Waals surface area (Å²) >= 11 is 3.03. The molecule has 3 N–H and O–H groups in total. The van der Waals surface area contributed by atoms with E-state index in [0.29, 0.717) is 23.0 Å². The first kappa shape index (κ1) is 33.3. The monoisotopic (exact) mass is 691 g/mol. The Bertz CT molecular complexity index is 1610. The summed E-state index contributed by atoms with van der Waals surface area (Å²) in [6, 6.07) is 17.5. The summed E-state index contributed by atoms with van der Waals surface area (Å²) in [5.74, 6) is -0.542. The molecule has 11 nitrogen and oxygen atoms in total. The third kappa shape index (κ3) is 7.84. The lowest BCUT2D eigenvalue weighted by Gasteiger charge is -2.61. The van der Waals surface area contributed by atoms with Gasteiger partial charge in [0.25, 0.3) is 11.5 Å². The molecule has 1 unspecified atom stereocenters. The van der Waals surface area contributed by atoms with Crippen molar-refractivity contribution in [2.75, 3.05) is 56.9 Å². The van der Waals surface area contributed by atoms with Gasteiger partial charge in [-0.05, 0) is 85.2 Å². The Morgan fingerprint density at radius 2 is 1.65 bits per heavy atom. The van der Waals surface area contributed by atoms with Gasteiger partial charge >= 0.3 is 0 Å². The fraction of sp³-hybridized carbons (Fsp3) is 0.441. The molecule has 4 fully saturated rings. The zero-order valence-corrected chi connectivity index (χ0v) is 28.0. The molecule has 12 heteroatoms. The van der Waals surface area contributed by atoms with Crippen LogP contribution in [0.2, 0.25) is 0 Å². The summed E-state index contributed by atoms with van der Waals surface area (Å²) in [5, 5.41) is 6.12. The number of nitrogens with zero attached hydrogens (tertiary/aromatic N) is 5. The Labute approximate surface area is 277 Å². The molecular weight excluding hydrogens is 650 g/mol. The number of hydrogen-bond acceptors (Lipinski definition) is 8. The van der Waals surface area contributed by atoms with Crippen LogP contribution < -0.4 is 21.5 Å². The molecule has 0 saturated carbocycles. The Hall–Kier alpha value is -4.03. The molecule has 4 saturated heterocycles. The molecule has 4 aliphatic rings. The SMILES string of the molecule is CN1CCCCC1.Cn1ncc(N)c(Br)c1=O.O=C1CCC(c2cccc(N3CC4(CN(C(=O)c5ccccc5)C4)C3)c2)C(=O)N1. The number of nitrogens with two attached hydrogens (primary N) is 1. The third-order valence-corrected chi connectivity index (χ3v) is 9.77. The van der Waals surface area contributed by atoms with E-state index in [1.165, 1.54) is 43.2 Å². The van der Waals surface area contributed by atoms with Crippen LogP contribution in [0.1, 0.15) is 53.9 Å². The number of aryl methyl sites for hydroxylation is 1. The summed E-state index contributed by atoms with van der Waals surface area (Å²) < 4.78 is 1.57. The summed E-state index contributed by atoms with van der Waals surface area (Å²) in [6.07, 6.45) is 6.65. The number of piperidine rings is 2. The number of nitrogens with one attached hydrogen (secondary N) is 1. The van der Waals surface area contributed by atoms with Gasteiger partial charge in [0.2, 0.25) is 11.8 Å². The molecule has 4 aliphatic heterocycles. The molecule has 0 aliphatic carbocycles. The van der Waals surface area contributed by atoms with Crippen LogP contribution in [0.5, 0.6) is 0 Å². The van der Waals surface area contributed by atoms with Crippen molar-refractivity contribution in [2.45, 2.75) is 38.0 Å². The van der Waals surface area contributed by atoms with E-state index in [2.05, 4.69) is 55.3 Å². The first-order valence-electron chi connectivity index (χ1n) is 15.7. The molecule has 1 aromatic heterocycles. The van der Waals surface area contributed by atoms with Gasteiger partial charge in [-0.15, -0.1) is 0 Å². The summed E-state index contributed by atoms with van der Waals surface area (Å²) in [7, 11) is 3.76. The van der Waals surface area contributed by atoms with Gasteiger partial charge in [-0.1, -0.05) is 36.8 Å². The molecule has 244 valence electrons. The summed E-state index contributed by atoms with van der Waals surface area (Å²) in [5.41, 5.74) is 8.51. The Kier molecular flexibility index (Phi) is 10.6. The number of halogens is 1. The second kappa shape index (κ2) is 14.6. The topological polar surface area (TPSA) is 134 Å². The maximum Gasteiger partial charge on any atom is 0.282 e. The minimum atomic E-state index is -0.259. The highest BCUT2D eigenvalue weighted by atomic mass is 79.9. The molecule has 7 rings (SSSR count). The van der Waals surface area contributed by atoms with Gasteiger partial charge in [-0.2, -0.15) is 5.10 Å². The van der Waals surface area contributed by atoms with Crippen molar-refractivity contribution in [2.24, 2.45) is 12.5 Å². The smallest absolute Gasteiger partial charge is 0.282 e. The summed E-state index contributed by atoms with van der Waals surface area (Å²) in [4.78, 5) is 53.7. The van der Waals surface area contributed by atoms with E-state index in [4.69, 9.17) is 5.73 Å². The Morgan fingerprint density at radius 3 is 2.26 bits per heavy atom. The van der Waals surface area contributed by atoms with Crippen molar-refractivity contribution in [3.8, 4) is 0 Å². The number of amides is 3. The average Bonchev–Trinajstić information content (AvgIpc) is 3.02. The number of carbonyl (C=O) groups is 3. The number of nitrogen functional groups attached to an aromatic ring is 1. The van der Waals surface area contributed by atoms with Gasteiger partial charge in [0.15, 0.2) is 0 Å². The van der Waals surface area contributed by atoms with E-state index in [1.54, 1.807) is 7.05 Å². The third-order valence-electron chi connectivity index (χ3n) is 8.97. The average molecular weight is 693 g/mol. The zero-order chi connectivity index (χ0) is 32.8. The molecule has 0 bridgehead atoms. The predicted molar refractivity (Wildman–Crippen MR) is 181 cm³/mol. The molecule has 1 spiro atoms. The highest BCUT2D eigenvalue weighted by Crippen LogP contribution is 2.43. The van der Waals surface area contributed by atoms with Crippen LogP contribution in [-0.2, 0) is 16.6 Å². The van der Waals surface area contributed by atoms with Crippen molar-refractivity contribution in [1.82, 2.24) is 24.9 Å². The van der Waals surface area contributed by atoms with Crippen LogP contribution in [0.4, 0.5) is 11.4 Å². The van der Waals surface area contributed by atoms with Crippen LogP contribution in [0.25, 0.3) is 0 Å². The summed E-state index contributed by atoms with van der Waals surface area (Å²) in [6.45, 7) is 6.07. The highest BCUT2D eigenvalue weighted by Gasteiger charge is 2.53. The fourth-order valence-electron chi connectivity index (χ4n) is 6.34. The van der Waals surface area contributed by atoms with E-state index in [1.807, 2.05) is 47.4 Å². The number of aromatic nitrogens is 2. The molecule has 3 amide bonds. The van der Waals surface area contributed by atoms with Gasteiger partial charge in [0, 0.05) is 56.3 Å². The van der Waals surface area contributed by atoms with Crippen molar-refractivity contribution < 1.29 is 14.4 Å². The normalized spacial score (nSPS) is 20.3. The van der Waals surface area contributed by atoms with E-state index in [-0.39, 0.29) is 34.6 Å². The van der Waals surface area contributed by atoms with Crippen molar-refractivity contribution in [3.05, 3.63) is 86.7 Å². The standard InChI is InChI=1S/C23H23N3O3.C6H13N.C5H6BrN3O/c27-20-10-9-19(21(28)24-20)17-7-4-8-18(11-17)25-12-23(13-25)14-26(15-23)22(29)16-5-2-1-3-6-16;1-7-5-3-2-4-6-7;1-9-5(10)4(6)3(7)2-8-9/h1-8,11,19H,9-10,12-15H2,(H,24,27,28);2-6H2,1H3;2H,7H2,1H3. The molecule has 0 radical (unpaired) electrons. The number of benzene rings is 2. The van der Waals surface area contributed by atoms with Crippen LogP contribution in [0.3, 0.4) is 0 Å². The second-order valence-corrected chi connectivity index (χ2v) is 13.5.